The molecule has 0 bridgehead atoms. The summed E-state index contributed by atoms with van der Waals surface area (Å²) in [4.78, 5) is 10.6. The molecule has 26 heavy (non-hydrogen) atoms. The lowest BCUT2D eigenvalue weighted by Crippen LogP contribution is -2.43. The SMILES string of the molecule is FC(F)(F)c1cnc2c(N3CCC3)nc(-c3cnn(C4CNC4)c3)cn12. The molecule has 0 atom stereocenters. The number of halogens is 3. The van der Waals surface area contributed by atoms with Crippen molar-refractivity contribution in [2.45, 2.75) is 18.6 Å². The summed E-state index contributed by atoms with van der Waals surface area (Å²) >= 11 is 0. The summed E-state index contributed by atoms with van der Waals surface area (Å²) in [7, 11) is 0. The van der Waals surface area contributed by atoms with Crippen LogP contribution in [0.3, 0.4) is 0 Å². The molecule has 10 heteroatoms. The van der Waals surface area contributed by atoms with Gasteiger partial charge in [0.1, 0.15) is 5.69 Å². The van der Waals surface area contributed by atoms with Crippen molar-refractivity contribution in [1.29, 1.82) is 0 Å². The van der Waals surface area contributed by atoms with E-state index in [1.54, 1.807) is 6.20 Å². The number of rotatable bonds is 3. The highest BCUT2D eigenvalue weighted by molar-refractivity contribution is 5.71. The molecule has 0 saturated carbocycles. The molecular weight excluding hydrogens is 347 g/mol. The zero-order chi connectivity index (χ0) is 17.9. The number of imidazole rings is 1. The van der Waals surface area contributed by atoms with Crippen LogP contribution in [0.1, 0.15) is 18.2 Å². The molecule has 0 aliphatic carbocycles. The zero-order valence-electron chi connectivity index (χ0n) is 13.7. The first-order valence-electron chi connectivity index (χ1n) is 8.46. The molecule has 2 aliphatic heterocycles. The molecule has 5 heterocycles. The lowest BCUT2D eigenvalue weighted by Gasteiger charge is -2.32. The molecule has 3 aromatic heterocycles. The maximum Gasteiger partial charge on any atom is 0.433 e. The molecule has 0 spiro atoms. The molecule has 5 rings (SSSR count). The van der Waals surface area contributed by atoms with Gasteiger partial charge >= 0.3 is 6.18 Å². The molecule has 3 aromatic rings. The minimum atomic E-state index is -4.48. The number of nitrogens with zero attached hydrogens (tertiary/aromatic N) is 6. The van der Waals surface area contributed by atoms with E-state index in [1.165, 1.54) is 6.20 Å². The summed E-state index contributed by atoms with van der Waals surface area (Å²) in [6, 6.07) is 0.279. The Labute approximate surface area is 146 Å². The molecule has 2 aliphatic rings. The van der Waals surface area contributed by atoms with Crippen LogP contribution in [-0.4, -0.2) is 50.3 Å². The molecular formula is C16H16F3N7. The summed E-state index contributed by atoms with van der Waals surface area (Å²) in [6.07, 6.45) is 2.27. The van der Waals surface area contributed by atoms with Gasteiger partial charge < -0.3 is 10.2 Å². The van der Waals surface area contributed by atoms with Gasteiger partial charge in [0.25, 0.3) is 0 Å². The van der Waals surface area contributed by atoms with Crippen LogP contribution in [0.15, 0.2) is 24.8 Å². The topological polar surface area (TPSA) is 63.3 Å². The Hall–Kier alpha value is -2.62. The fourth-order valence-corrected chi connectivity index (χ4v) is 3.19. The van der Waals surface area contributed by atoms with Crippen LogP contribution in [-0.2, 0) is 6.18 Å². The van der Waals surface area contributed by atoms with Gasteiger partial charge in [0.2, 0.25) is 0 Å². The first-order chi connectivity index (χ1) is 12.5. The van der Waals surface area contributed by atoms with Crippen molar-refractivity contribution in [2.75, 3.05) is 31.1 Å². The van der Waals surface area contributed by atoms with E-state index in [0.717, 1.165) is 43.2 Å². The van der Waals surface area contributed by atoms with Crippen LogP contribution in [0.2, 0.25) is 0 Å². The predicted molar refractivity (Wildman–Crippen MR) is 87.9 cm³/mol. The standard InChI is InChI=1S/C16H16F3N7/c17-16(18,19)13-7-21-14-15(24-2-1-3-24)23-12(9-25(13)14)10-4-22-26(8-10)11-5-20-6-11/h4,7-9,11,20H,1-3,5-6H2. The molecule has 0 amide bonds. The summed E-state index contributed by atoms with van der Waals surface area (Å²) in [5.74, 6) is 0.488. The normalized spacial score (nSPS) is 18.2. The van der Waals surface area contributed by atoms with E-state index in [2.05, 4.69) is 20.4 Å². The van der Waals surface area contributed by atoms with Gasteiger partial charge in [0.05, 0.1) is 24.1 Å². The molecule has 2 fully saturated rings. The summed E-state index contributed by atoms with van der Waals surface area (Å²) in [5.41, 5.74) is 0.591. The van der Waals surface area contributed by atoms with Gasteiger partial charge in [-0.1, -0.05) is 0 Å². The van der Waals surface area contributed by atoms with Gasteiger partial charge in [0.15, 0.2) is 11.5 Å². The highest BCUT2D eigenvalue weighted by Crippen LogP contribution is 2.34. The number of hydrogen-bond acceptors (Lipinski definition) is 5. The van der Waals surface area contributed by atoms with Crippen LogP contribution in [0.4, 0.5) is 19.0 Å². The number of anilines is 1. The highest BCUT2D eigenvalue weighted by atomic mass is 19.4. The van der Waals surface area contributed by atoms with E-state index in [0.29, 0.717) is 17.1 Å². The highest BCUT2D eigenvalue weighted by Gasteiger charge is 2.36. The van der Waals surface area contributed by atoms with E-state index in [1.807, 2.05) is 15.8 Å². The van der Waals surface area contributed by atoms with Crippen molar-refractivity contribution < 1.29 is 13.2 Å². The van der Waals surface area contributed by atoms with E-state index < -0.39 is 11.9 Å². The average molecular weight is 363 g/mol. The Morgan fingerprint density at radius 2 is 1.92 bits per heavy atom. The maximum absolute atomic E-state index is 13.4. The molecule has 0 unspecified atom stereocenters. The van der Waals surface area contributed by atoms with Crippen LogP contribution < -0.4 is 10.2 Å². The maximum atomic E-state index is 13.4. The van der Waals surface area contributed by atoms with E-state index in [9.17, 15) is 13.2 Å². The van der Waals surface area contributed by atoms with Gasteiger partial charge in [-0.15, -0.1) is 0 Å². The third-order valence-electron chi connectivity index (χ3n) is 4.95. The van der Waals surface area contributed by atoms with Gasteiger partial charge in [-0.3, -0.25) is 9.08 Å². The quantitative estimate of drug-likeness (QED) is 0.771. The summed E-state index contributed by atoms with van der Waals surface area (Å²) < 4.78 is 43.0. The lowest BCUT2D eigenvalue weighted by atomic mass is 10.2. The largest absolute Gasteiger partial charge is 0.433 e. The Balaban J connectivity index is 1.65. The smallest absolute Gasteiger partial charge is 0.353 e. The molecule has 0 radical (unpaired) electrons. The number of nitrogens with one attached hydrogen (secondary N) is 1. The van der Waals surface area contributed by atoms with Gasteiger partial charge in [-0.05, 0) is 6.42 Å². The second-order valence-electron chi connectivity index (χ2n) is 6.65. The molecule has 0 aromatic carbocycles. The van der Waals surface area contributed by atoms with Gasteiger partial charge in [-0.2, -0.15) is 18.3 Å². The fourth-order valence-electron chi connectivity index (χ4n) is 3.19. The second kappa shape index (κ2) is 5.44. The monoisotopic (exact) mass is 363 g/mol. The predicted octanol–water partition coefficient (Wildman–Crippen LogP) is 1.97. The first-order valence-corrected chi connectivity index (χ1v) is 8.46. The molecule has 7 nitrogen and oxygen atoms in total. The van der Waals surface area contributed by atoms with Crippen molar-refractivity contribution in [3.05, 3.63) is 30.5 Å². The van der Waals surface area contributed by atoms with Crippen molar-refractivity contribution >= 4 is 11.5 Å². The van der Waals surface area contributed by atoms with Crippen molar-refractivity contribution in [3.8, 4) is 11.3 Å². The molecule has 136 valence electrons. The van der Waals surface area contributed by atoms with Crippen LogP contribution in [0, 0.1) is 0 Å². The Morgan fingerprint density at radius 3 is 2.54 bits per heavy atom. The third kappa shape index (κ3) is 2.36. The van der Waals surface area contributed by atoms with Crippen LogP contribution >= 0.6 is 0 Å². The van der Waals surface area contributed by atoms with Crippen molar-refractivity contribution in [2.24, 2.45) is 0 Å². The Morgan fingerprint density at radius 1 is 1.12 bits per heavy atom. The lowest BCUT2D eigenvalue weighted by molar-refractivity contribution is -0.141. The molecule has 2 saturated heterocycles. The van der Waals surface area contributed by atoms with E-state index in [-0.39, 0.29) is 11.7 Å². The minimum Gasteiger partial charge on any atom is -0.353 e. The first kappa shape index (κ1) is 15.6. The van der Waals surface area contributed by atoms with Crippen molar-refractivity contribution in [3.63, 3.8) is 0 Å². The molecule has 1 N–H and O–H groups in total. The number of fused-ring (bicyclic) bond motifs is 1. The van der Waals surface area contributed by atoms with Crippen LogP contribution in [0.5, 0.6) is 0 Å². The van der Waals surface area contributed by atoms with Gasteiger partial charge in [0, 0.05) is 44.1 Å². The van der Waals surface area contributed by atoms with Crippen LogP contribution in [0.25, 0.3) is 16.9 Å². The van der Waals surface area contributed by atoms with Gasteiger partial charge in [-0.25, -0.2) is 9.97 Å². The fraction of sp³-hybridized carbons (Fsp3) is 0.438. The average Bonchev–Trinajstić information content (AvgIpc) is 3.09. The second-order valence-corrected chi connectivity index (χ2v) is 6.65. The van der Waals surface area contributed by atoms with E-state index in [4.69, 9.17) is 0 Å². The number of alkyl halides is 3. The number of aromatic nitrogens is 5. The third-order valence-corrected chi connectivity index (χ3v) is 4.95. The van der Waals surface area contributed by atoms with Crippen molar-refractivity contribution in [1.82, 2.24) is 29.5 Å². The Kier molecular flexibility index (Phi) is 3.27. The minimum absolute atomic E-state index is 0.233. The number of hydrogen-bond donors (Lipinski definition) is 1. The zero-order valence-corrected chi connectivity index (χ0v) is 13.7. The summed E-state index contributed by atoms with van der Waals surface area (Å²) in [5, 5.41) is 7.51. The van der Waals surface area contributed by atoms with E-state index >= 15 is 0 Å². The Bertz CT molecular complexity index is 966. The summed E-state index contributed by atoms with van der Waals surface area (Å²) in [6.45, 7) is 3.22.